The molecule has 0 radical (unpaired) electrons. The topological polar surface area (TPSA) is 73.0 Å². The van der Waals surface area contributed by atoms with Gasteiger partial charge in [0.05, 0.1) is 30.3 Å². The summed E-state index contributed by atoms with van der Waals surface area (Å²) >= 11 is 0. The molecule has 0 aromatic carbocycles. The predicted octanol–water partition coefficient (Wildman–Crippen LogP) is 0.0883. The Bertz CT molecular complexity index is 692. The quantitative estimate of drug-likeness (QED) is 0.800. The van der Waals surface area contributed by atoms with Gasteiger partial charge in [0.15, 0.2) is 9.84 Å². The van der Waals surface area contributed by atoms with Crippen molar-refractivity contribution in [1.82, 2.24) is 24.5 Å². The third-order valence-corrected chi connectivity index (χ3v) is 5.46. The molecule has 0 spiro atoms. The molecule has 21 heavy (non-hydrogen) atoms. The van der Waals surface area contributed by atoms with Gasteiger partial charge in [-0.2, -0.15) is 10.2 Å². The fraction of sp³-hybridized carbons (Fsp3) is 0.538. The van der Waals surface area contributed by atoms with Crippen molar-refractivity contribution in [2.75, 3.05) is 24.6 Å². The monoisotopic (exact) mass is 309 g/mol. The van der Waals surface area contributed by atoms with E-state index in [0.717, 1.165) is 18.7 Å². The van der Waals surface area contributed by atoms with E-state index in [4.69, 9.17) is 0 Å². The number of aromatic nitrogens is 4. The summed E-state index contributed by atoms with van der Waals surface area (Å²) in [5.74, 6) is 0.390. The van der Waals surface area contributed by atoms with Gasteiger partial charge in [-0.15, -0.1) is 0 Å². The van der Waals surface area contributed by atoms with Gasteiger partial charge in [-0.25, -0.2) is 8.42 Å². The zero-order chi connectivity index (χ0) is 14.9. The van der Waals surface area contributed by atoms with E-state index >= 15 is 0 Å². The highest BCUT2D eigenvalue weighted by Crippen LogP contribution is 2.26. The Morgan fingerprint density at radius 2 is 2.19 bits per heavy atom. The second-order valence-electron chi connectivity index (χ2n) is 5.38. The van der Waals surface area contributed by atoms with Gasteiger partial charge >= 0.3 is 0 Å². The van der Waals surface area contributed by atoms with E-state index < -0.39 is 9.84 Å². The number of sulfone groups is 1. The van der Waals surface area contributed by atoms with Crippen LogP contribution in [0.1, 0.15) is 11.6 Å². The molecule has 0 bridgehead atoms. The average molecular weight is 309 g/mol. The van der Waals surface area contributed by atoms with Gasteiger partial charge in [-0.1, -0.05) is 0 Å². The normalized spacial score (nSPS) is 22.4. The lowest BCUT2D eigenvalue weighted by molar-refractivity contribution is 0.204. The molecule has 1 aliphatic rings. The number of rotatable bonds is 4. The fourth-order valence-corrected chi connectivity index (χ4v) is 4.26. The highest BCUT2D eigenvalue weighted by Gasteiger charge is 2.32. The second kappa shape index (κ2) is 5.61. The number of nitrogens with zero attached hydrogens (tertiary/aromatic N) is 5. The summed E-state index contributed by atoms with van der Waals surface area (Å²) in [7, 11) is -1.13. The second-order valence-corrected chi connectivity index (χ2v) is 7.61. The zero-order valence-electron chi connectivity index (χ0n) is 12.0. The van der Waals surface area contributed by atoms with Crippen molar-refractivity contribution in [2.24, 2.45) is 7.05 Å². The van der Waals surface area contributed by atoms with Crippen LogP contribution in [0.3, 0.4) is 0 Å². The molecule has 0 saturated carbocycles. The maximum absolute atomic E-state index is 11.9. The first-order valence-corrected chi connectivity index (χ1v) is 8.76. The molecule has 1 saturated heterocycles. The largest absolute Gasteiger partial charge is 0.292 e. The van der Waals surface area contributed by atoms with Gasteiger partial charge in [0.25, 0.3) is 0 Å². The first kappa shape index (κ1) is 14.3. The minimum absolute atomic E-state index is 0.118. The Hall–Kier alpha value is -1.67. The van der Waals surface area contributed by atoms with Crippen LogP contribution < -0.4 is 0 Å². The summed E-state index contributed by atoms with van der Waals surface area (Å²) in [5.41, 5.74) is 0.959. The Balaban J connectivity index is 1.76. The predicted molar refractivity (Wildman–Crippen MR) is 78.4 cm³/mol. The minimum Gasteiger partial charge on any atom is -0.292 e. The summed E-state index contributed by atoms with van der Waals surface area (Å²) in [4.78, 5) is 2.21. The first-order valence-electron chi connectivity index (χ1n) is 6.94. The molecule has 1 aliphatic heterocycles. The lowest BCUT2D eigenvalue weighted by Crippen LogP contribution is -2.44. The zero-order valence-corrected chi connectivity index (χ0v) is 12.8. The molecule has 2 aromatic heterocycles. The van der Waals surface area contributed by atoms with Crippen molar-refractivity contribution in [2.45, 2.75) is 12.6 Å². The summed E-state index contributed by atoms with van der Waals surface area (Å²) in [5, 5.41) is 8.35. The molecule has 3 rings (SSSR count). The molecule has 0 amide bonds. The van der Waals surface area contributed by atoms with Crippen molar-refractivity contribution in [1.29, 1.82) is 0 Å². The van der Waals surface area contributed by atoms with Crippen molar-refractivity contribution < 1.29 is 8.42 Å². The van der Waals surface area contributed by atoms with E-state index in [1.54, 1.807) is 17.1 Å². The summed E-state index contributed by atoms with van der Waals surface area (Å²) in [6.07, 6.45) is 7.32. The SMILES string of the molecule is Cn1cc(C2CS(=O)(=O)CCN2CCn2cccn2)cn1. The molecule has 1 fully saturated rings. The van der Waals surface area contributed by atoms with E-state index in [1.165, 1.54) is 0 Å². The van der Waals surface area contributed by atoms with Crippen molar-refractivity contribution in [3.8, 4) is 0 Å². The van der Waals surface area contributed by atoms with E-state index in [-0.39, 0.29) is 17.5 Å². The summed E-state index contributed by atoms with van der Waals surface area (Å²) < 4.78 is 27.5. The molecule has 8 heteroatoms. The van der Waals surface area contributed by atoms with Crippen LogP contribution >= 0.6 is 0 Å². The summed E-state index contributed by atoms with van der Waals surface area (Å²) in [6, 6.07) is 1.77. The van der Waals surface area contributed by atoms with Crippen LogP contribution in [0.4, 0.5) is 0 Å². The van der Waals surface area contributed by atoms with Gasteiger partial charge in [0.2, 0.25) is 0 Å². The average Bonchev–Trinajstić information content (AvgIpc) is 3.08. The standard InChI is InChI=1S/C13H19N5O2S/c1-16-10-12(9-15-16)13-11-21(19,20)8-7-17(13)5-6-18-4-2-3-14-18/h2-4,9-10,13H,5-8,11H2,1H3. The van der Waals surface area contributed by atoms with Crippen molar-refractivity contribution in [3.63, 3.8) is 0 Å². The Kier molecular flexibility index (Phi) is 3.81. The Morgan fingerprint density at radius 3 is 2.86 bits per heavy atom. The summed E-state index contributed by atoms with van der Waals surface area (Å²) in [6.45, 7) is 2.09. The van der Waals surface area contributed by atoms with E-state index in [0.29, 0.717) is 6.54 Å². The Morgan fingerprint density at radius 1 is 1.33 bits per heavy atom. The Labute approximate surface area is 124 Å². The molecule has 1 unspecified atom stereocenters. The molecule has 7 nitrogen and oxygen atoms in total. The van der Waals surface area contributed by atoms with Crippen LogP contribution in [-0.4, -0.2) is 57.5 Å². The molecule has 1 atom stereocenters. The van der Waals surface area contributed by atoms with Crippen LogP contribution in [0.25, 0.3) is 0 Å². The van der Waals surface area contributed by atoms with E-state index in [9.17, 15) is 8.42 Å². The molecule has 0 aliphatic carbocycles. The van der Waals surface area contributed by atoms with Crippen molar-refractivity contribution in [3.05, 3.63) is 36.4 Å². The molecule has 114 valence electrons. The van der Waals surface area contributed by atoms with Gasteiger partial charge < -0.3 is 0 Å². The van der Waals surface area contributed by atoms with E-state index in [2.05, 4.69) is 15.1 Å². The van der Waals surface area contributed by atoms with Crippen LogP contribution in [0.2, 0.25) is 0 Å². The lowest BCUT2D eigenvalue weighted by atomic mass is 10.1. The lowest BCUT2D eigenvalue weighted by Gasteiger charge is -2.34. The first-order chi connectivity index (χ1) is 10.0. The number of aryl methyl sites for hydroxylation is 1. The smallest absolute Gasteiger partial charge is 0.153 e. The van der Waals surface area contributed by atoms with Gasteiger partial charge in [0, 0.05) is 44.3 Å². The molecular formula is C13H19N5O2S. The number of hydrogen-bond acceptors (Lipinski definition) is 5. The van der Waals surface area contributed by atoms with Gasteiger partial charge in [-0.3, -0.25) is 14.3 Å². The highest BCUT2D eigenvalue weighted by molar-refractivity contribution is 7.91. The molecule has 0 N–H and O–H groups in total. The van der Waals surface area contributed by atoms with Crippen LogP contribution in [0, 0.1) is 0 Å². The maximum Gasteiger partial charge on any atom is 0.153 e. The fourth-order valence-electron chi connectivity index (χ4n) is 2.69. The number of hydrogen-bond donors (Lipinski definition) is 0. The molecule has 2 aromatic rings. The molecular weight excluding hydrogens is 290 g/mol. The van der Waals surface area contributed by atoms with Crippen LogP contribution in [0.15, 0.2) is 30.9 Å². The third-order valence-electron chi connectivity index (χ3n) is 3.83. The van der Waals surface area contributed by atoms with Crippen molar-refractivity contribution >= 4 is 9.84 Å². The van der Waals surface area contributed by atoms with Gasteiger partial charge in [-0.05, 0) is 6.07 Å². The van der Waals surface area contributed by atoms with E-state index in [1.807, 2.05) is 30.2 Å². The van der Waals surface area contributed by atoms with Gasteiger partial charge in [0.1, 0.15) is 0 Å². The third kappa shape index (κ3) is 3.33. The van der Waals surface area contributed by atoms with Crippen LogP contribution in [0.5, 0.6) is 0 Å². The van der Waals surface area contributed by atoms with Crippen LogP contribution in [-0.2, 0) is 23.4 Å². The maximum atomic E-state index is 11.9. The highest BCUT2D eigenvalue weighted by atomic mass is 32.2. The minimum atomic E-state index is -2.98. The molecule has 3 heterocycles.